The molecule has 0 saturated carbocycles. The summed E-state index contributed by atoms with van der Waals surface area (Å²) in [6, 6.07) is 6.83. The molecule has 0 saturated heterocycles. The number of benzene rings is 1. The lowest BCUT2D eigenvalue weighted by Gasteiger charge is -1.98. The average molecular weight is 160 g/mol. The molecular weight excluding hydrogens is 151 g/mol. The van der Waals surface area contributed by atoms with Crippen molar-refractivity contribution in [2.24, 2.45) is 0 Å². The highest BCUT2D eigenvalue weighted by atomic mass is 16.4. The molecule has 0 aromatic heterocycles. The van der Waals surface area contributed by atoms with Crippen LogP contribution in [0, 0.1) is 0 Å². The number of hydrogen-bond acceptors (Lipinski definition) is 2. The molecule has 0 aliphatic rings. The highest BCUT2D eigenvalue weighted by Crippen LogP contribution is 1.98. The fraction of sp³-hybridized carbons (Fsp3) is 0. The standard InChI is InChI=1S/C9H9BO2/c1-2-3-8-4-6-9(7-5-8)10(11)12/h3-7,11-12H,1H2. The molecule has 2 N–H and O–H groups in total. The van der Waals surface area contributed by atoms with E-state index in [1.54, 1.807) is 30.3 Å². The topological polar surface area (TPSA) is 40.5 Å². The lowest BCUT2D eigenvalue weighted by atomic mass is 9.80. The van der Waals surface area contributed by atoms with Gasteiger partial charge in [0.25, 0.3) is 0 Å². The van der Waals surface area contributed by atoms with Gasteiger partial charge in [-0.2, -0.15) is 0 Å². The van der Waals surface area contributed by atoms with Gasteiger partial charge in [-0.05, 0) is 17.1 Å². The average Bonchev–Trinajstić information content (AvgIpc) is 2.06. The van der Waals surface area contributed by atoms with Gasteiger partial charge < -0.3 is 10.0 Å². The maximum Gasteiger partial charge on any atom is 0.488 e. The van der Waals surface area contributed by atoms with E-state index in [-0.39, 0.29) is 0 Å². The zero-order chi connectivity index (χ0) is 8.97. The van der Waals surface area contributed by atoms with E-state index in [2.05, 4.69) is 12.3 Å². The van der Waals surface area contributed by atoms with Crippen LogP contribution in [0.1, 0.15) is 5.56 Å². The molecule has 0 spiro atoms. The van der Waals surface area contributed by atoms with Gasteiger partial charge in [0.15, 0.2) is 0 Å². The summed E-state index contributed by atoms with van der Waals surface area (Å²) in [5.41, 5.74) is 4.05. The van der Waals surface area contributed by atoms with Crippen molar-refractivity contribution in [2.45, 2.75) is 0 Å². The Morgan fingerprint density at radius 1 is 1.25 bits per heavy atom. The zero-order valence-electron chi connectivity index (χ0n) is 6.57. The van der Waals surface area contributed by atoms with Gasteiger partial charge in [0.2, 0.25) is 0 Å². The maximum atomic E-state index is 8.76. The highest BCUT2D eigenvalue weighted by molar-refractivity contribution is 6.58. The summed E-state index contributed by atoms with van der Waals surface area (Å²) in [7, 11) is -1.40. The Bertz CT molecular complexity index is 297. The van der Waals surface area contributed by atoms with Crippen LogP contribution < -0.4 is 5.46 Å². The van der Waals surface area contributed by atoms with Crippen molar-refractivity contribution in [2.75, 3.05) is 0 Å². The van der Waals surface area contributed by atoms with E-state index in [1.165, 1.54) is 0 Å². The maximum absolute atomic E-state index is 8.76. The van der Waals surface area contributed by atoms with Crippen LogP contribution in [0.15, 0.2) is 36.6 Å². The summed E-state index contributed by atoms with van der Waals surface area (Å²) >= 11 is 0. The Morgan fingerprint density at radius 3 is 2.25 bits per heavy atom. The fourth-order valence-electron chi connectivity index (χ4n) is 0.882. The normalized spacial score (nSPS) is 8.83. The molecule has 1 aromatic carbocycles. The summed E-state index contributed by atoms with van der Waals surface area (Å²) in [6.07, 6.45) is 1.72. The molecule has 2 nitrogen and oxygen atoms in total. The molecular formula is C9H9BO2. The first-order valence-electron chi connectivity index (χ1n) is 3.56. The lowest BCUT2D eigenvalue weighted by Crippen LogP contribution is -2.29. The van der Waals surface area contributed by atoms with Crippen LogP contribution in [0.5, 0.6) is 0 Å². The monoisotopic (exact) mass is 160 g/mol. The Balaban J connectivity index is 2.92. The smallest absolute Gasteiger partial charge is 0.423 e. The number of rotatable bonds is 2. The second kappa shape index (κ2) is 3.93. The second-order valence-corrected chi connectivity index (χ2v) is 2.39. The molecule has 0 heterocycles. The first-order chi connectivity index (χ1) is 5.74. The molecule has 0 radical (unpaired) electrons. The van der Waals surface area contributed by atoms with Crippen LogP contribution >= 0.6 is 0 Å². The van der Waals surface area contributed by atoms with E-state index in [0.29, 0.717) is 5.46 Å². The molecule has 0 bridgehead atoms. The van der Waals surface area contributed by atoms with Crippen molar-refractivity contribution in [1.82, 2.24) is 0 Å². The van der Waals surface area contributed by atoms with Gasteiger partial charge >= 0.3 is 7.12 Å². The number of hydrogen-bond donors (Lipinski definition) is 2. The predicted molar refractivity (Wildman–Crippen MR) is 49.9 cm³/mol. The van der Waals surface area contributed by atoms with E-state index in [4.69, 9.17) is 10.0 Å². The van der Waals surface area contributed by atoms with E-state index in [1.807, 2.05) is 0 Å². The molecule has 1 aromatic rings. The molecule has 1 rings (SSSR count). The lowest BCUT2D eigenvalue weighted by molar-refractivity contribution is 0.426. The third-order valence-electron chi connectivity index (χ3n) is 1.50. The van der Waals surface area contributed by atoms with Gasteiger partial charge in [-0.3, -0.25) is 0 Å². The van der Waals surface area contributed by atoms with Crippen LogP contribution in [0.3, 0.4) is 0 Å². The Hall–Kier alpha value is -1.28. The SMILES string of the molecule is C=C=Cc1ccc(B(O)O)cc1. The molecule has 12 heavy (non-hydrogen) atoms. The van der Waals surface area contributed by atoms with Gasteiger partial charge in [0, 0.05) is 0 Å². The van der Waals surface area contributed by atoms with Gasteiger partial charge in [0.05, 0.1) is 0 Å². The minimum Gasteiger partial charge on any atom is -0.423 e. The minimum absolute atomic E-state index is 0.483. The largest absolute Gasteiger partial charge is 0.488 e. The predicted octanol–water partition coefficient (Wildman–Crippen LogP) is 0.164. The molecule has 3 heteroatoms. The Morgan fingerprint density at radius 2 is 1.83 bits per heavy atom. The van der Waals surface area contributed by atoms with E-state index < -0.39 is 7.12 Å². The highest BCUT2D eigenvalue weighted by Gasteiger charge is 2.08. The van der Waals surface area contributed by atoms with Gasteiger partial charge in [-0.25, -0.2) is 0 Å². The molecule has 0 unspecified atom stereocenters. The van der Waals surface area contributed by atoms with Crippen molar-refractivity contribution in [1.29, 1.82) is 0 Å². The first kappa shape index (κ1) is 8.82. The second-order valence-electron chi connectivity index (χ2n) is 2.39. The van der Waals surface area contributed by atoms with Crippen LogP contribution in [0.2, 0.25) is 0 Å². The molecule has 0 amide bonds. The van der Waals surface area contributed by atoms with Crippen molar-refractivity contribution in [3.05, 3.63) is 42.1 Å². The van der Waals surface area contributed by atoms with E-state index in [9.17, 15) is 0 Å². The van der Waals surface area contributed by atoms with Crippen molar-refractivity contribution in [3.63, 3.8) is 0 Å². The van der Waals surface area contributed by atoms with Crippen molar-refractivity contribution in [3.8, 4) is 0 Å². The Kier molecular flexibility index (Phi) is 2.89. The molecule has 0 fully saturated rings. The molecule has 0 aliphatic carbocycles. The van der Waals surface area contributed by atoms with Crippen LogP contribution in [-0.4, -0.2) is 17.2 Å². The van der Waals surface area contributed by atoms with Gasteiger partial charge in [0.1, 0.15) is 0 Å². The summed E-state index contributed by atoms with van der Waals surface area (Å²) < 4.78 is 0. The van der Waals surface area contributed by atoms with E-state index >= 15 is 0 Å². The van der Waals surface area contributed by atoms with E-state index in [0.717, 1.165) is 5.56 Å². The third kappa shape index (κ3) is 2.11. The van der Waals surface area contributed by atoms with Crippen molar-refractivity contribution >= 4 is 18.7 Å². The first-order valence-corrected chi connectivity index (χ1v) is 3.56. The summed E-state index contributed by atoms with van der Waals surface area (Å²) in [5.74, 6) is 0. The van der Waals surface area contributed by atoms with Gasteiger partial charge in [-0.1, -0.05) is 30.8 Å². The van der Waals surface area contributed by atoms with Crippen LogP contribution in [0.4, 0.5) is 0 Å². The van der Waals surface area contributed by atoms with Crippen LogP contribution in [-0.2, 0) is 0 Å². The third-order valence-corrected chi connectivity index (χ3v) is 1.50. The summed E-state index contributed by atoms with van der Waals surface area (Å²) in [5, 5.41) is 17.5. The van der Waals surface area contributed by atoms with Crippen LogP contribution in [0.25, 0.3) is 6.08 Å². The molecule has 0 aliphatic heterocycles. The Labute approximate surface area is 71.6 Å². The van der Waals surface area contributed by atoms with Gasteiger partial charge in [-0.15, -0.1) is 5.73 Å². The molecule has 0 atom stereocenters. The van der Waals surface area contributed by atoms with Crippen molar-refractivity contribution < 1.29 is 10.0 Å². The quantitative estimate of drug-likeness (QED) is 0.478. The zero-order valence-corrected chi connectivity index (χ0v) is 6.57. The molecule has 60 valence electrons. The summed E-state index contributed by atoms with van der Waals surface area (Å²) in [4.78, 5) is 0. The minimum atomic E-state index is -1.40. The fourth-order valence-corrected chi connectivity index (χ4v) is 0.882. The summed E-state index contributed by atoms with van der Waals surface area (Å²) in [6.45, 7) is 3.43.